The molecule has 0 saturated carbocycles. The molecule has 0 N–H and O–H groups in total. The highest BCUT2D eigenvalue weighted by molar-refractivity contribution is 9.09. The number of para-hydroxylation sites is 2. The monoisotopic (exact) mass is 614 g/mol. The van der Waals surface area contributed by atoms with Gasteiger partial charge in [0.05, 0.1) is 38.0 Å². The highest BCUT2D eigenvalue weighted by Crippen LogP contribution is 2.23. The van der Waals surface area contributed by atoms with Crippen LogP contribution in [0.1, 0.15) is 30.3 Å². The number of fused-ring (bicyclic) bond motifs is 2. The third kappa shape index (κ3) is 5.71. The Balaban J connectivity index is 0.000000165. The first-order chi connectivity index (χ1) is 19.8. The highest BCUT2D eigenvalue weighted by Gasteiger charge is 2.16. The number of halogens is 3. The Labute approximate surface area is 242 Å². The minimum Gasteiger partial charge on any atom is -0.268 e. The molecule has 0 aliphatic heterocycles. The first-order valence-corrected chi connectivity index (χ1v) is 13.9. The Morgan fingerprint density at radius 1 is 0.683 bits per heavy atom. The van der Waals surface area contributed by atoms with Crippen molar-refractivity contribution in [2.75, 3.05) is 0 Å². The van der Waals surface area contributed by atoms with E-state index in [-0.39, 0.29) is 27.6 Å². The van der Waals surface area contributed by atoms with E-state index < -0.39 is 0 Å². The number of alkyl halides is 1. The Morgan fingerprint density at radius 2 is 1.12 bits per heavy atom. The van der Waals surface area contributed by atoms with Crippen molar-refractivity contribution in [3.8, 4) is 11.4 Å². The number of hydrogen-bond donors (Lipinski definition) is 0. The van der Waals surface area contributed by atoms with Crippen LogP contribution in [-0.4, -0.2) is 19.1 Å². The topological polar surface area (TPSA) is 69.8 Å². The van der Waals surface area contributed by atoms with Crippen LogP contribution in [0.2, 0.25) is 0 Å². The van der Waals surface area contributed by atoms with Gasteiger partial charge in [-0.1, -0.05) is 47.1 Å². The SMILES string of the molecule is CC(Br)c1nc2ccccc2c(=O)n1-c1ccc(F)cc1.CCc1nc2ccccc2c(=O)n1-c1ccc(F)cc1. The Morgan fingerprint density at radius 3 is 1.61 bits per heavy atom. The zero-order chi connectivity index (χ0) is 29.1. The molecule has 0 aliphatic carbocycles. The fourth-order valence-electron chi connectivity index (χ4n) is 4.53. The van der Waals surface area contributed by atoms with Gasteiger partial charge >= 0.3 is 0 Å². The molecule has 9 heteroatoms. The predicted octanol–water partition coefficient (Wildman–Crippen LogP) is 7.07. The van der Waals surface area contributed by atoms with Crippen molar-refractivity contribution < 1.29 is 8.78 Å². The second kappa shape index (κ2) is 11.9. The molecule has 0 fully saturated rings. The Hall–Kier alpha value is -4.50. The van der Waals surface area contributed by atoms with Gasteiger partial charge in [0.15, 0.2) is 0 Å². The summed E-state index contributed by atoms with van der Waals surface area (Å²) in [5, 5.41) is 1.10. The second-order valence-electron chi connectivity index (χ2n) is 9.24. The summed E-state index contributed by atoms with van der Waals surface area (Å²) in [5.74, 6) is 0.591. The molecule has 0 saturated heterocycles. The zero-order valence-electron chi connectivity index (χ0n) is 22.3. The smallest absolute Gasteiger partial charge is 0.265 e. The summed E-state index contributed by atoms with van der Waals surface area (Å²) in [7, 11) is 0. The quantitative estimate of drug-likeness (QED) is 0.199. The maximum Gasteiger partial charge on any atom is 0.265 e. The van der Waals surface area contributed by atoms with Gasteiger partial charge in [-0.25, -0.2) is 18.7 Å². The molecule has 6 nitrogen and oxygen atoms in total. The summed E-state index contributed by atoms with van der Waals surface area (Å²) in [5.41, 5.74) is 2.29. The molecule has 0 radical (unpaired) electrons. The van der Waals surface area contributed by atoms with Crippen molar-refractivity contribution in [1.29, 1.82) is 0 Å². The van der Waals surface area contributed by atoms with E-state index in [1.54, 1.807) is 47.0 Å². The van der Waals surface area contributed by atoms with Gasteiger partial charge in [0.2, 0.25) is 0 Å². The molecule has 6 rings (SSSR count). The summed E-state index contributed by atoms with van der Waals surface area (Å²) in [4.78, 5) is 34.3. The second-order valence-corrected chi connectivity index (χ2v) is 10.6. The first-order valence-electron chi connectivity index (χ1n) is 13.0. The standard InChI is InChI=1S/C16H12BrFN2O.C16H13FN2O/c1-10(17)15-19-14-5-3-2-4-13(14)16(21)20(15)12-8-6-11(18)7-9-12;1-2-15-18-14-6-4-3-5-13(14)16(20)19(15)12-9-7-11(17)8-10-12/h2-10H,1H3;3-10H,2H2,1H3. The van der Waals surface area contributed by atoms with Crippen molar-refractivity contribution in [3.05, 3.63) is 141 Å². The molecule has 0 amide bonds. The van der Waals surface area contributed by atoms with Gasteiger partial charge in [-0.05, 0) is 79.7 Å². The fourth-order valence-corrected chi connectivity index (χ4v) is 4.84. The van der Waals surface area contributed by atoms with E-state index in [4.69, 9.17) is 0 Å². The molecule has 4 aromatic carbocycles. The van der Waals surface area contributed by atoms with Crippen molar-refractivity contribution in [1.82, 2.24) is 19.1 Å². The molecule has 206 valence electrons. The average Bonchev–Trinajstić information content (AvgIpc) is 2.98. The lowest BCUT2D eigenvalue weighted by Gasteiger charge is -2.15. The number of nitrogens with zero attached hydrogens (tertiary/aromatic N) is 4. The average molecular weight is 615 g/mol. The molecular weight excluding hydrogens is 590 g/mol. The van der Waals surface area contributed by atoms with E-state index in [9.17, 15) is 18.4 Å². The predicted molar refractivity (Wildman–Crippen MR) is 161 cm³/mol. The van der Waals surface area contributed by atoms with Crippen LogP contribution in [-0.2, 0) is 6.42 Å². The fraction of sp³-hybridized carbons (Fsp3) is 0.125. The van der Waals surface area contributed by atoms with Crippen LogP contribution in [0.3, 0.4) is 0 Å². The molecule has 2 aromatic heterocycles. The molecule has 1 unspecified atom stereocenters. The lowest BCUT2D eigenvalue weighted by Crippen LogP contribution is -2.24. The summed E-state index contributed by atoms with van der Waals surface area (Å²) >= 11 is 3.47. The van der Waals surface area contributed by atoms with Crippen molar-refractivity contribution in [2.24, 2.45) is 0 Å². The minimum atomic E-state index is -0.339. The largest absolute Gasteiger partial charge is 0.268 e. The minimum absolute atomic E-state index is 0.111. The van der Waals surface area contributed by atoms with Crippen LogP contribution in [0.25, 0.3) is 33.2 Å². The summed E-state index contributed by atoms with van der Waals surface area (Å²) in [6, 6.07) is 26.1. The van der Waals surface area contributed by atoms with Crippen molar-refractivity contribution in [2.45, 2.75) is 25.1 Å². The summed E-state index contributed by atoms with van der Waals surface area (Å²) in [6.07, 6.45) is 0.622. The van der Waals surface area contributed by atoms with Crippen LogP contribution >= 0.6 is 15.9 Å². The van der Waals surface area contributed by atoms with Crippen LogP contribution in [0, 0.1) is 11.6 Å². The van der Waals surface area contributed by atoms with Gasteiger partial charge in [-0.2, -0.15) is 0 Å². The molecular formula is C32H25BrF2N4O2. The van der Waals surface area contributed by atoms with E-state index in [0.29, 0.717) is 51.3 Å². The lowest BCUT2D eigenvalue weighted by molar-refractivity contribution is 0.626. The molecule has 0 bridgehead atoms. The molecule has 2 heterocycles. The first kappa shape index (κ1) is 28.0. The normalized spacial score (nSPS) is 11.7. The van der Waals surface area contributed by atoms with E-state index >= 15 is 0 Å². The number of aromatic nitrogens is 4. The van der Waals surface area contributed by atoms with Gasteiger partial charge in [-0.3, -0.25) is 18.7 Å². The Bertz CT molecular complexity index is 1970. The lowest BCUT2D eigenvalue weighted by atomic mass is 10.2. The third-order valence-corrected chi connectivity index (χ3v) is 6.90. The van der Waals surface area contributed by atoms with Crippen LogP contribution in [0.4, 0.5) is 8.78 Å². The van der Waals surface area contributed by atoms with Crippen LogP contribution in [0.15, 0.2) is 107 Å². The summed E-state index contributed by atoms with van der Waals surface area (Å²) < 4.78 is 29.2. The van der Waals surface area contributed by atoms with Gasteiger partial charge in [-0.15, -0.1) is 0 Å². The van der Waals surface area contributed by atoms with E-state index in [1.165, 1.54) is 28.8 Å². The molecule has 1 atom stereocenters. The van der Waals surface area contributed by atoms with Gasteiger partial charge in [0.1, 0.15) is 23.3 Å². The van der Waals surface area contributed by atoms with E-state index in [2.05, 4.69) is 25.9 Å². The third-order valence-electron chi connectivity index (χ3n) is 6.49. The number of rotatable bonds is 4. The molecule has 41 heavy (non-hydrogen) atoms. The van der Waals surface area contributed by atoms with Crippen LogP contribution in [0.5, 0.6) is 0 Å². The Kier molecular flexibility index (Phi) is 8.16. The molecule has 0 spiro atoms. The molecule has 6 aromatic rings. The highest BCUT2D eigenvalue weighted by atomic mass is 79.9. The van der Waals surface area contributed by atoms with Crippen molar-refractivity contribution >= 4 is 37.7 Å². The maximum absolute atomic E-state index is 13.1. The molecule has 0 aliphatic rings. The van der Waals surface area contributed by atoms with Crippen LogP contribution < -0.4 is 11.1 Å². The zero-order valence-corrected chi connectivity index (χ0v) is 23.8. The van der Waals surface area contributed by atoms with Gasteiger partial charge < -0.3 is 0 Å². The number of aryl methyl sites for hydroxylation is 1. The van der Waals surface area contributed by atoms with Gasteiger partial charge in [0.25, 0.3) is 11.1 Å². The maximum atomic E-state index is 13.1. The van der Waals surface area contributed by atoms with E-state index in [1.807, 2.05) is 44.2 Å². The van der Waals surface area contributed by atoms with Gasteiger partial charge in [0, 0.05) is 6.42 Å². The number of benzene rings is 4. The number of hydrogen-bond acceptors (Lipinski definition) is 4. The van der Waals surface area contributed by atoms with Crippen molar-refractivity contribution in [3.63, 3.8) is 0 Å². The van der Waals surface area contributed by atoms with E-state index in [0.717, 1.165) is 0 Å². The summed E-state index contributed by atoms with van der Waals surface area (Å²) in [6.45, 7) is 3.84.